The minimum absolute atomic E-state index is 0.0591. The number of benzene rings is 2. The summed E-state index contributed by atoms with van der Waals surface area (Å²) in [5.41, 5.74) is 11.7. The monoisotopic (exact) mass is 429 g/mol. The third-order valence-electron chi connectivity index (χ3n) is 6.12. The molecule has 1 aromatic heterocycles. The molecule has 0 spiro atoms. The summed E-state index contributed by atoms with van der Waals surface area (Å²) in [4.78, 5) is 12.9. The zero-order valence-corrected chi connectivity index (χ0v) is 17.7. The number of aliphatic hydroxyl groups excluding tert-OH is 2. The van der Waals surface area contributed by atoms with Gasteiger partial charge in [-0.05, 0) is 53.3 Å². The van der Waals surface area contributed by atoms with Gasteiger partial charge in [-0.3, -0.25) is 0 Å². The van der Waals surface area contributed by atoms with Crippen LogP contribution in [0.4, 0.5) is 29.2 Å². The summed E-state index contributed by atoms with van der Waals surface area (Å²) < 4.78 is 0. The lowest BCUT2D eigenvalue weighted by Crippen LogP contribution is -2.19. The fourth-order valence-corrected chi connectivity index (χ4v) is 4.46. The van der Waals surface area contributed by atoms with E-state index < -0.39 is 6.10 Å². The summed E-state index contributed by atoms with van der Waals surface area (Å²) >= 11 is 0. The van der Waals surface area contributed by atoms with Gasteiger partial charge in [-0.2, -0.15) is 0 Å². The molecular formula is C24H25N6O2-. The highest BCUT2D eigenvalue weighted by molar-refractivity contribution is 5.72. The van der Waals surface area contributed by atoms with E-state index in [0.717, 1.165) is 40.9 Å². The van der Waals surface area contributed by atoms with E-state index in [1.807, 2.05) is 43.3 Å². The van der Waals surface area contributed by atoms with Crippen molar-refractivity contribution in [2.75, 3.05) is 11.1 Å². The van der Waals surface area contributed by atoms with Crippen molar-refractivity contribution < 1.29 is 10.2 Å². The molecule has 2 aliphatic rings. The Hall–Kier alpha value is -3.49. The number of fused-ring (bicyclic) bond motifs is 2. The molecule has 5 rings (SSSR count). The molecule has 1 heterocycles. The molecule has 0 fully saturated rings. The van der Waals surface area contributed by atoms with Crippen LogP contribution in [0.2, 0.25) is 0 Å². The standard InChI is InChI=1S/C24H25N6O2/c1-13-20(32)11-9-15-5-3-7-19(21(13)15)27-24-29-22(25)28-23(30-24)26-18-6-2-4-14-8-10-16(31)12-17(14)18/h2-7,9,11,13,16,20,31-32H,8,10,12H2,1H3,(H3-,25,26,27,28,29,30)/q-1. The Morgan fingerprint density at radius 3 is 2.81 bits per heavy atom. The summed E-state index contributed by atoms with van der Waals surface area (Å²) in [6.45, 7) is 1.98. The predicted molar refractivity (Wildman–Crippen MR) is 125 cm³/mol. The molecule has 8 heteroatoms. The summed E-state index contributed by atoms with van der Waals surface area (Å²) in [5, 5.41) is 28.2. The molecule has 0 saturated heterocycles. The van der Waals surface area contributed by atoms with Gasteiger partial charge in [-0.1, -0.05) is 49.4 Å². The summed E-state index contributed by atoms with van der Waals surface area (Å²) in [7, 11) is 0. The van der Waals surface area contributed by atoms with E-state index in [2.05, 4.69) is 31.7 Å². The van der Waals surface area contributed by atoms with Gasteiger partial charge in [-0.25, -0.2) is 4.98 Å². The molecule has 5 N–H and O–H groups in total. The second-order valence-corrected chi connectivity index (χ2v) is 8.31. The number of nitrogens with zero attached hydrogens (tertiary/aromatic N) is 4. The van der Waals surface area contributed by atoms with Crippen molar-refractivity contribution in [3.8, 4) is 0 Å². The van der Waals surface area contributed by atoms with Gasteiger partial charge in [-0.15, -0.1) is 0 Å². The Labute approximate surface area is 186 Å². The Kier molecular flexibility index (Phi) is 5.24. The molecule has 0 saturated carbocycles. The number of aryl methyl sites for hydroxylation is 1. The zero-order valence-electron chi connectivity index (χ0n) is 17.7. The van der Waals surface area contributed by atoms with Gasteiger partial charge in [0.15, 0.2) is 11.9 Å². The van der Waals surface area contributed by atoms with Crippen LogP contribution in [-0.4, -0.2) is 37.4 Å². The molecular weight excluding hydrogens is 404 g/mol. The van der Waals surface area contributed by atoms with E-state index in [9.17, 15) is 10.2 Å². The van der Waals surface area contributed by atoms with Crippen molar-refractivity contribution in [3.05, 3.63) is 70.0 Å². The molecule has 2 aliphatic carbocycles. The molecule has 2 aromatic carbocycles. The van der Waals surface area contributed by atoms with Gasteiger partial charge in [0.05, 0.1) is 12.2 Å². The minimum Gasteiger partial charge on any atom is -0.393 e. The maximum Gasteiger partial charge on any atom is 0.157 e. The molecule has 3 atom stereocenters. The lowest BCUT2D eigenvalue weighted by molar-refractivity contribution is 0.159. The molecule has 3 aromatic rings. The molecule has 0 aliphatic heterocycles. The van der Waals surface area contributed by atoms with E-state index in [1.54, 1.807) is 6.08 Å². The number of anilines is 3. The van der Waals surface area contributed by atoms with Gasteiger partial charge < -0.3 is 36.5 Å². The fourth-order valence-electron chi connectivity index (χ4n) is 4.46. The maximum atomic E-state index is 10.3. The van der Waals surface area contributed by atoms with Crippen molar-refractivity contribution in [3.63, 3.8) is 0 Å². The first kappa shape index (κ1) is 20.4. The van der Waals surface area contributed by atoms with Crippen molar-refractivity contribution in [1.82, 2.24) is 15.0 Å². The number of nitrogens with one attached hydrogen (secondary N) is 1. The number of aliphatic hydroxyl groups is 2. The largest absolute Gasteiger partial charge is 0.393 e. The van der Waals surface area contributed by atoms with Crippen LogP contribution < -0.4 is 11.1 Å². The van der Waals surface area contributed by atoms with Gasteiger partial charge in [0.1, 0.15) is 0 Å². The molecule has 164 valence electrons. The average Bonchev–Trinajstić information content (AvgIpc) is 2.76. The first-order valence-corrected chi connectivity index (χ1v) is 10.8. The fraction of sp³-hybridized carbons (Fsp3) is 0.292. The number of nitrogens with two attached hydrogens (primary N) is 1. The van der Waals surface area contributed by atoms with Crippen LogP contribution >= 0.6 is 0 Å². The van der Waals surface area contributed by atoms with Crippen LogP contribution in [0.5, 0.6) is 0 Å². The average molecular weight is 430 g/mol. The lowest BCUT2D eigenvalue weighted by Gasteiger charge is -2.27. The third kappa shape index (κ3) is 3.90. The summed E-state index contributed by atoms with van der Waals surface area (Å²) in [5.74, 6) is 0.463. The first-order chi connectivity index (χ1) is 15.5. The predicted octanol–water partition coefficient (Wildman–Crippen LogP) is 3.88. The first-order valence-electron chi connectivity index (χ1n) is 10.8. The third-order valence-corrected chi connectivity index (χ3v) is 6.12. The Balaban J connectivity index is 1.45. The highest BCUT2D eigenvalue weighted by Crippen LogP contribution is 2.38. The van der Waals surface area contributed by atoms with Crippen LogP contribution in [0.15, 0.2) is 42.5 Å². The SMILES string of the molecule is CC1c2c(cccc2Nc2nc(N)nc([N-]c3cccc4c3CC(O)CC4)n2)C=CC1O. The van der Waals surface area contributed by atoms with Crippen LogP contribution in [-0.2, 0) is 12.8 Å². The number of aromatic nitrogens is 3. The van der Waals surface area contributed by atoms with Crippen molar-refractivity contribution in [1.29, 1.82) is 0 Å². The summed E-state index contributed by atoms with van der Waals surface area (Å²) in [6, 6.07) is 11.8. The maximum absolute atomic E-state index is 10.3. The smallest absolute Gasteiger partial charge is 0.157 e. The van der Waals surface area contributed by atoms with E-state index in [-0.39, 0.29) is 29.9 Å². The van der Waals surface area contributed by atoms with Crippen LogP contribution in [0, 0.1) is 0 Å². The molecule has 3 unspecified atom stereocenters. The van der Waals surface area contributed by atoms with Gasteiger partial charge in [0, 0.05) is 17.6 Å². The molecule has 8 nitrogen and oxygen atoms in total. The second kappa shape index (κ2) is 8.22. The number of hydrogen-bond donors (Lipinski definition) is 4. The Morgan fingerprint density at radius 1 is 1.09 bits per heavy atom. The van der Waals surface area contributed by atoms with Crippen LogP contribution in [0.3, 0.4) is 0 Å². The topological polar surface area (TPSA) is 131 Å². The van der Waals surface area contributed by atoms with Gasteiger partial charge in [0.25, 0.3) is 0 Å². The van der Waals surface area contributed by atoms with E-state index in [1.165, 1.54) is 5.56 Å². The second-order valence-electron chi connectivity index (χ2n) is 8.31. The normalized spacial score (nSPS) is 21.5. The minimum atomic E-state index is -0.556. The number of rotatable bonds is 4. The van der Waals surface area contributed by atoms with Gasteiger partial charge in [0.2, 0.25) is 0 Å². The zero-order chi connectivity index (χ0) is 22.2. The number of hydrogen-bond acceptors (Lipinski definition) is 7. The molecule has 0 bridgehead atoms. The molecule has 0 radical (unpaired) electrons. The highest BCUT2D eigenvalue weighted by Gasteiger charge is 2.23. The van der Waals surface area contributed by atoms with Gasteiger partial charge >= 0.3 is 0 Å². The van der Waals surface area contributed by atoms with Crippen molar-refractivity contribution >= 4 is 35.3 Å². The Morgan fingerprint density at radius 2 is 1.94 bits per heavy atom. The van der Waals surface area contributed by atoms with E-state index in [4.69, 9.17) is 5.73 Å². The van der Waals surface area contributed by atoms with E-state index in [0.29, 0.717) is 6.42 Å². The lowest BCUT2D eigenvalue weighted by atomic mass is 9.85. The van der Waals surface area contributed by atoms with E-state index >= 15 is 0 Å². The quantitative estimate of drug-likeness (QED) is 0.495. The number of nitrogen functional groups attached to an aromatic ring is 1. The van der Waals surface area contributed by atoms with Crippen LogP contribution in [0.25, 0.3) is 11.4 Å². The molecule has 0 amide bonds. The molecule has 32 heavy (non-hydrogen) atoms. The highest BCUT2D eigenvalue weighted by atomic mass is 16.3. The Bertz CT molecular complexity index is 1200. The van der Waals surface area contributed by atoms with Crippen molar-refractivity contribution in [2.45, 2.75) is 44.3 Å². The summed E-state index contributed by atoms with van der Waals surface area (Å²) in [6.07, 6.45) is 4.93. The van der Waals surface area contributed by atoms with Crippen molar-refractivity contribution in [2.24, 2.45) is 0 Å². The van der Waals surface area contributed by atoms with Crippen LogP contribution in [0.1, 0.15) is 41.5 Å².